The topological polar surface area (TPSA) is 73.9 Å². The first-order chi connectivity index (χ1) is 18.5. The maximum absolute atomic E-state index is 13.9. The molecule has 0 saturated heterocycles. The molecule has 2 aromatic carbocycles. The lowest BCUT2D eigenvalue weighted by Crippen LogP contribution is -2.49. The minimum atomic E-state index is -2.39. The van der Waals surface area contributed by atoms with Gasteiger partial charge in [0.1, 0.15) is 11.6 Å². The molecule has 0 amide bonds. The van der Waals surface area contributed by atoms with Crippen molar-refractivity contribution in [3.05, 3.63) is 65.2 Å². The number of ketones is 1. The first-order valence-electron chi connectivity index (χ1n) is 13.7. The Kier molecular flexibility index (Phi) is 8.26. The van der Waals surface area contributed by atoms with Crippen LogP contribution in [0.5, 0.6) is 5.75 Å². The first kappa shape index (κ1) is 28.9. The number of esters is 1. The van der Waals surface area contributed by atoms with Crippen molar-refractivity contribution in [2.75, 3.05) is 19.5 Å². The molecule has 0 bridgehead atoms. The van der Waals surface area contributed by atoms with Gasteiger partial charge in [-0.05, 0) is 52.5 Å². The Morgan fingerprint density at radius 2 is 1.56 bits per heavy atom. The zero-order valence-electron chi connectivity index (χ0n) is 24.1. The summed E-state index contributed by atoms with van der Waals surface area (Å²) in [6, 6.07) is 11.4. The Bertz CT molecular complexity index is 1250. The molecule has 6 nitrogen and oxygen atoms in total. The molecular weight excluding hydrogens is 513 g/mol. The molecule has 4 rings (SSSR count). The molecule has 8 heteroatoms. The smallest absolute Gasteiger partial charge is 0.374 e. The van der Waals surface area contributed by atoms with Crippen molar-refractivity contribution in [3.8, 4) is 5.75 Å². The van der Waals surface area contributed by atoms with E-state index in [-0.39, 0.29) is 5.82 Å². The Balaban J connectivity index is 1.98. The number of halogens is 1. The fraction of sp³-hybridized carbons (Fsp3) is 0.484. The van der Waals surface area contributed by atoms with Crippen molar-refractivity contribution >= 4 is 31.3 Å². The summed E-state index contributed by atoms with van der Waals surface area (Å²) < 4.78 is 31.7. The first-order valence-corrected chi connectivity index (χ1v) is 15.8. The molecule has 2 aromatic rings. The number of anilines is 1. The van der Waals surface area contributed by atoms with E-state index in [0.717, 1.165) is 28.1 Å². The van der Waals surface area contributed by atoms with E-state index in [2.05, 4.69) is 46.9 Å². The summed E-state index contributed by atoms with van der Waals surface area (Å²) in [6.45, 7) is 13.4. The lowest BCUT2D eigenvalue weighted by molar-refractivity contribution is -0.154. The van der Waals surface area contributed by atoms with Crippen molar-refractivity contribution < 1.29 is 27.9 Å². The van der Waals surface area contributed by atoms with Crippen LogP contribution in [0, 0.1) is 11.7 Å². The summed E-state index contributed by atoms with van der Waals surface area (Å²) in [5.41, 5.74) is 4.44. The third-order valence-electron chi connectivity index (χ3n) is 8.63. The molecule has 2 aliphatic rings. The van der Waals surface area contributed by atoms with Crippen LogP contribution in [0.2, 0.25) is 16.6 Å². The Morgan fingerprint density at radius 1 is 0.949 bits per heavy atom. The molecule has 0 spiro atoms. The highest BCUT2D eigenvalue weighted by atomic mass is 28.4. The number of hydrogen-bond acceptors (Lipinski definition) is 6. The Hall–Kier alpha value is -3.13. The largest absolute Gasteiger partial charge is 0.545 e. The fourth-order valence-corrected chi connectivity index (χ4v) is 12.3. The molecule has 0 fully saturated rings. The number of ether oxygens (including phenoxy) is 2. The second-order valence-corrected chi connectivity index (χ2v) is 16.9. The van der Waals surface area contributed by atoms with Crippen LogP contribution in [0.15, 0.2) is 48.2 Å². The number of benzene rings is 2. The maximum Gasteiger partial charge on any atom is 0.374 e. The van der Waals surface area contributed by atoms with Crippen LogP contribution in [-0.4, -0.2) is 40.3 Å². The van der Waals surface area contributed by atoms with E-state index < -0.39 is 37.9 Å². The van der Waals surface area contributed by atoms with Gasteiger partial charge in [0, 0.05) is 29.2 Å². The van der Waals surface area contributed by atoms with Gasteiger partial charge < -0.3 is 19.2 Å². The van der Waals surface area contributed by atoms with Crippen molar-refractivity contribution in [1.29, 1.82) is 0 Å². The zero-order chi connectivity index (χ0) is 28.6. The number of allylic oxidation sites excluding steroid dienone is 1. The van der Waals surface area contributed by atoms with Crippen LogP contribution in [0.1, 0.15) is 65.0 Å². The lowest BCUT2D eigenvalue weighted by atomic mass is 9.70. The Morgan fingerprint density at radius 3 is 2.10 bits per heavy atom. The van der Waals surface area contributed by atoms with Crippen LogP contribution < -0.4 is 10.1 Å². The number of carbonyl (C=O) groups is 2. The second-order valence-electron chi connectivity index (χ2n) is 11.5. The average molecular weight is 554 g/mol. The van der Waals surface area contributed by atoms with E-state index in [1.54, 1.807) is 19.2 Å². The van der Waals surface area contributed by atoms with Gasteiger partial charge in [-0.25, -0.2) is 9.18 Å². The van der Waals surface area contributed by atoms with Gasteiger partial charge in [-0.2, -0.15) is 0 Å². The van der Waals surface area contributed by atoms with E-state index >= 15 is 0 Å². The predicted molar refractivity (Wildman–Crippen MR) is 154 cm³/mol. The third kappa shape index (κ3) is 4.99. The standard InChI is InChI=1S/C31H40FNO5Si/c1-17(2)39(18(3)4,19(5)6)38-26-16-23(20-9-11-21(32)12-10-20)28(30(34)31(35)37-8)29-27(26)24-15-22(36-7)13-14-25(24)33-29/h9-15,17-19,23,28-29,33H,16H2,1-8H3/t23-,28-,29-/m1/s1. The summed E-state index contributed by atoms with van der Waals surface area (Å²) in [5.74, 6) is -1.51. The SMILES string of the molecule is COC(=O)C(=O)[C@H]1[C@@H]2Nc3ccc(OC)cc3C2=C(O[Si](C(C)C)(C(C)C)C(C)C)C[C@@H]1c1ccc(F)cc1. The number of methoxy groups -OCH3 is 2. The van der Waals surface area contributed by atoms with Gasteiger partial charge in [-0.3, -0.25) is 4.79 Å². The minimum Gasteiger partial charge on any atom is -0.545 e. The second kappa shape index (κ2) is 11.2. The van der Waals surface area contributed by atoms with Crippen molar-refractivity contribution in [3.63, 3.8) is 0 Å². The predicted octanol–water partition coefficient (Wildman–Crippen LogP) is 7.08. The van der Waals surface area contributed by atoms with Gasteiger partial charge in [-0.15, -0.1) is 0 Å². The molecule has 1 aliphatic heterocycles. The summed E-state index contributed by atoms with van der Waals surface area (Å²) >= 11 is 0. The zero-order valence-corrected chi connectivity index (χ0v) is 25.1. The number of carbonyl (C=O) groups excluding carboxylic acids is 2. The number of Topliss-reactive ketones (excluding diaryl/α,β-unsaturated/α-hetero) is 1. The summed E-state index contributed by atoms with van der Waals surface area (Å²) in [5, 5.41) is 3.53. The van der Waals surface area contributed by atoms with Gasteiger partial charge in [0.25, 0.3) is 8.32 Å². The van der Waals surface area contributed by atoms with Crippen LogP contribution in [0.4, 0.5) is 10.1 Å². The van der Waals surface area contributed by atoms with Gasteiger partial charge in [-0.1, -0.05) is 53.7 Å². The van der Waals surface area contributed by atoms with Crippen LogP contribution in [-0.2, 0) is 18.8 Å². The third-order valence-corrected chi connectivity index (χ3v) is 14.6. The number of fused-ring (bicyclic) bond motifs is 3. The summed E-state index contributed by atoms with van der Waals surface area (Å²) in [7, 11) is 0.452. The van der Waals surface area contributed by atoms with Crippen LogP contribution in [0.25, 0.3) is 5.57 Å². The molecule has 0 aromatic heterocycles. The van der Waals surface area contributed by atoms with Gasteiger partial charge in [0.2, 0.25) is 5.78 Å². The Labute approximate surface area is 232 Å². The van der Waals surface area contributed by atoms with Crippen molar-refractivity contribution in [2.24, 2.45) is 5.92 Å². The lowest BCUT2D eigenvalue weighted by Gasteiger charge is -2.46. The summed E-state index contributed by atoms with van der Waals surface area (Å²) in [6.07, 6.45) is 0.407. The fourth-order valence-electron chi connectivity index (χ4n) is 6.94. The van der Waals surface area contributed by atoms with Crippen LogP contribution >= 0.6 is 0 Å². The molecule has 1 heterocycles. The van der Waals surface area contributed by atoms with E-state index in [1.165, 1.54) is 19.2 Å². The van der Waals surface area contributed by atoms with Crippen molar-refractivity contribution in [1.82, 2.24) is 0 Å². The van der Waals surface area contributed by atoms with E-state index in [0.29, 0.717) is 28.8 Å². The molecule has 0 radical (unpaired) electrons. The molecule has 3 atom stereocenters. The molecule has 1 aliphatic carbocycles. The molecule has 1 N–H and O–H groups in total. The minimum absolute atomic E-state index is 0.335. The molecular formula is C31H40FNO5Si. The van der Waals surface area contributed by atoms with Crippen molar-refractivity contribution in [2.45, 2.75) is 76.5 Å². The number of rotatable bonds is 9. The average Bonchev–Trinajstić information content (AvgIpc) is 3.29. The number of nitrogens with one attached hydrogen (secondary N) is 1. The van der Waals surface area contributed by atoms with Gasteiger partial charge in [0.05, 0.1) is 31.9 Å². The monoisotopic (exact) mass is 553 g/mol. The summed E-state index contributed by atoms with van der Waals surface area (Å²) in [4.78, 5) is 26.3. The highest BCUT2D eigenvalue weighted by Gasteiger charge is 2.53. The van der Waals surface area contributed by atoms with Gasteiger partial charge >= 0.3 is 5.97 Å². The highest BCUT2D eigenvalue weighted by molar-refractivity contribution is 6.78. The van der Waals surface area contributed by atoms with E-state index in [4.69, 9.17) is 13.9 Å². The normalized spacial score (nSPS) is 20.6. The maximum atomic E-state index is 13.9. The van der Waals surface area contributed by atoms with Gasteiger partial charge in [0.15, 0.2) is 0 Å². The van der Waals surface area contributed by atoms with E-state index in [1.807, 2.05) is 18.2 Å². The molecule has 210 valence electrons. The highest BCUT2D eigenvalue weighted by Crippen LogP contribution is 2.54. The quantitative estimate of drug-likeness (QED) is 0.203. The van der Waals surface area contributed by atoms with Crippen LogP contribution in [0.3, 0.4) is 0 Å². The molecule has 0 unspecified atom stereocenters. The molecule has 0 saturated carbocycles. The number of hydrogen-bond donors (Lipinski definition) is 1. The molecule has 39 heavy (non-hydrogen) atoms. The van der Waals surface area contributed by atoms with E-state index in [9.17, 15) is 14.0 Å².